The Bertz CT molecular complexity index is 863. The molecule has 3 aromatic rings. The van der Waals surface area contributed by atoms with Gasteiger partial charge >= 0.3 is 5.97 Å². The van der Waals surface area contributed by atoms with Gasteiger partial charge in [-0.2, -0.15) is 10.1 Å². The molecule has 1 heterocycles. The second-order valence-corrected chi connectivity index (χ2v) is 5.35. The number of benzene rings is 2. The number of hydrogen-bond donors (Lipinski definition) is 2. The van der Waals surface area contributed by atoms with Crippen molar-refractivity contribution in [3.8, 4) is 0 Å². The summed E-state index contributed by atoms with van der Waals surface area (Å²) in [6.07, 6.45) is 1.55. The van der Waals surface area contributed by atoms with E-state index in [2.05, 4.69) is 30.6 Å². The second-order valence-electron chi connectivity index (χ2n) is 5.35. The Hall–Kier alpha value is -3.48. The van der Waals surface area contributed by atoms with Crippen molar-refractivity contribution in [1.82, 2.24) is 15.2 Å². The van der Waals surface area contributed by atoms with Crippen molar-refractivity contribution in [2.75, 3.05) is 17.7 Å². The van der Waals surface area contributed by atoms with Crippen molar-refractivity contribution in [2.45, 2.75) is 6.92 Å². The van der Waals surface area contributed by atoms with Crippen LogP contribution in [0.3, 0.4) is 0 Å². The number of anilines is 4. The Morgan fingerprint density at radius 3 is 2.28 bits per heavy atom. The summed E-state index contributed by atoms with van der Waals surface area (Å²) >= 11 is 0. The quantitative estimate of drug-likeness (QED) is 0.690. The molecule has 0 aliphatic heterocycles. The monoisotopic (exact) mass is 335 g/mol. The predicted octanol–water partition coefficient (Wildman–Crippen LogP) is 3.45. The van der Waals surface area contributed by atoms with Gasteiger partial charge in [0.15, 0.2) is 5.82 Å². The Labute approximate surface area is 145 Å². The van der Waals surface area contributed by atoms with Crippen LogP contribution >= 0.6 is 0 Å². The van der Waals surface area contributed by atoms with Gasteiger partial charge in [0.2, 0.25) is 5.95 Å². The van der Waals surface area contributed by atoms with Crippen LogP contribution in [-0.2, 0) is 4.74 Å². The lowest BCUT2D eigenvalue weighted by Crippen LogP contribution is -2.03. The highest BCUT2D eigenvalue weighted by atomic mass is 16.5. The molecule has 7 heteroatoms. The van der Waals surface area contributed by atoms with E-state index < -0.39 is 0 Å². The van der Waals surface area contributed by atoms with Crippen LogP contribution < -0.4 is 10.6 Å². The molecule has 3 rings (SSSR count). The molecule has 0 unspecified atom stereocenters. The summed E-state index contributed by atoms with van der Waals surface area (Å²) in [6.45, 7) is 2.03. The summed E-state index contributed by atoms with van der Waals surface area (Å²) in [7, 11) is 1.35. The molecule has 7 nitrogen and oxygen atoms in total. The van der Waals surface area contributed by atoms with Crippen LogP contribution in [0.4, 0.5) is 23.1 Å². The molecule has 0 aliphatic rings. The van der Waals surface area contributed by atoms with E-state index in [9.17, 15) is 4.79 Å². The second kappa shape index (κ2) is 7.39. The van der Waals surface area contributed by atoms with E-state index in [-0.39, 0.29) is 5.97 Å². The summed E-state index contributed by atoms with van der Waals surface area (Å²) in [5.41, 5.74) is 3.31. The number of methoxy groups -OCH3 is 1. The van der Waals surface area contributed by atoms with Gasteiger partial charge < -0.3 is 15.4 Å². The number of esters is 1. The van der Waals surface area contributed by atoms with Gasteiger partial charge in [-0.1, -0.05) is 17.7 Å². The van der Waals surface area contributed by atoms with E-state index in [0.29, 0.717) is 17.3 Å². The largest absolute Gasteiger partial charge is 0.465 e. The third kappa shape index (κ3) is 4.29. The standard InChI is InChI=1S/C18H17N5O2/c1-12-3-7-14(8-4-12)20-16-11-19-23-18(22-16)21-15-9-5-13(6-10-15)17(24)25-2/h3-11H,1-2H3,(H2,20,21,22,23). The smallest absolute Gasteiger partial charge is 0.337 e. The lowest BCUT2D eigenvalue weighted by molar-refractivity contribution is 0.0601. The fraction of sp³-hybridized carbons (Fsp3) is 0.111. The van der Waals surface area contributed by atoms with Crippen LogP contribution in [0.25, 0.3) is 0 Å². The van der Waals surface area contributed by atoms with Crippen LogP contribution in [0, 0.1) is 6.92 Å². The first-order valence-electron chi connectivity index (χ1n) is 7.63. The van der Waals surface area contributed by atoms with E-state index in [1.54, 1.807) is 30.5 Å². The van der Waals surface area contributed by atoms with Crippen LogP contribution in [-0.4, -0.2) is 28.3 Å². The Kier molecular flexibility index (Phi) is 4.84. The molecule has 0 atom stereocenters. The van der Waals surface area contributed by atoms with Gasteiger partial charge in [-0.25, -0.2) is 4.79 Å². The normalized spacial score (nSPS) is 10.2. The van der Waals surface area contributed by atoms with Gasteiger partial charge in [0.1, 0.15) is 0 Å². The Balaban J connectivity index is 1.71. The molecule has 2 aromatic carbocycles. The van der Waals surface area contributed by atoms with Crippen molar-refractivity contribution in [3.05, 3.63) is 65.9 Å². The van der Waals surface area contributed by atoms with Gasteiger partial charge in [-0.05, 0) is 43.3 Å². The van der Waals surface area contributed by atoms with E-state index in [0.717, 1.165) is 11.4 Å². The number of aromatic nitrogens is 3. The van der Waals surface area contributed by atoms with Crippen LogP contribution in [0.5, 0.6) is 0 Å². The number of carbonyl (C=O) groups is 1. The lowest BCUT2D eigenvalue weighted by atomic mass is 10.2. The number of nitrogens with one attached hydrogen (secondary N) is 2. The summed E-state index contributed by atoms with van der Waals surface area (Å²) in [5, 5.41) is 14.1. The highest BCUT2D eigenvalue weighted by molar-refractivity contribution is 5.89. The molecule has 25 heavy (non-hydrogen) atoms. The number of carbonyl (C=O) groups excluding carboxylic acids is 1. The molecule has 0 saturated heterocycles. The Morgan fingerprint density at radius 2 is 1.60 bits per heavy atom. The number of rotatable bonds is 5. The summed E-state index contributed by atoms with van der Waals surface area (Å²) < 4.78 is 4.67. The Morgan fingerprint density at radius 1 is 0.960 bits per heavy atom. The van der Waals surface area contributed by atoms with E-state index in [1.807, 2.05) is 31.2 Å². The van der Waals surface area contributed by atoms with E-state index >= 15 is 0 Å². The third-order valence-electron chi connectivity index (χ3n) is 3.44. The summed E-state index contributed by atoms with van der Waals surface area (Å²) in [5.74, 6) is 0.546. The fourth-order valence-corrected chi connectivity index (χ4v) is 2.14. The summed E-state index contributed by atoms with van der Waals surface area (Å²) in [4.78, 5) is 15.8. The maximum absolute atomic E-state index is 11.4. The molecule has 0 fully saturated rings. The SMILES string of the molecule is COC(=O)c1ccc(Nc2nncc(Nc3ccc(C)cc3)n2)cc1. The predicted molar refractivity (Wildman–Crippen MR) is 95.4 cm³/mol. The van der Waals surface area contributed by atoms with Crippen molar-refractivity contribution >= 4 is 29.1 Å². The summed E-state index contributed by atoms with van der Waals surface area (Å²) in [6, 6.07) is 14.8. The van der Waals surface area contributed by atoms with Crippen molar-refractivity contribution in [2.24, 2.45) is 0 Å². The molecule has 0 bridgehead atoms. The first kappa shape index (κ1) is 16.4. The maximum Gasteiger partial charge on any atom is 0.337 e. The minimum Gasteiger partial charge on any atom is -0.465 e. The van der Waals surface area contributed by atoms with E-state index in [1.165, 1.54) is 12.7 Å². The fourth-order valence-electron chi connectivity index (χ4n) is 2.14. The molecule has 0 aliphatic carbocycles. The van der Waals surface area contributed by atoms with Crippen molar-refractivity contribution < 1.29 is 9.53 Å². The first-order chi connectivity index (χ1) is 12.1. The lowest BCUT2D eigenvalue weighted by Gasteiger charge is -2.08. The number of hydrogen-bond acceptors (Lipinski definition) is 7. The van der Waals surface area contributed by atoms with Crippen LogP contribution in [0.15, 0.2) is 54.7 Å². The van der Waals surface area contributed by atoms with Crippen LogP contribution in [0.1, 0.15) is 15.9 Å². The average Bonchev–Trinajstić information content (AvgIpc) is 2.64. The number of aryl methyl sites for hydroxylation is 1. The molecule has 1 aromatic heterocycles. The van der Waals surface area contributed by atoms with Gasteiger partial charge in [0.25, 0.3) is 0 Å². The molecule has 126 valence electrons. The average molecular weight is 335 g/mol. The van der Waals surface area contributed by atoms with Gasteiger partial charge in [0.05, 0.1) is 18.9 Å². The molecule has 0 radical (unpaired) electrons. The topological polar surface area (TPSA) is 89.0 Å². The van der Waals surface area contributed by atoms with E-state index in [4.69, 9.17) is 0 Å². The molecular formula is C18H17N5O2. The molecular weight excluding hydrogens is 318 g/mol. The minimum absolute atomic E-state index is 0.350. The zero-order valence-corrected chi connectivity index (χ0v) is 13.9. The highest BCUT2D eigenvalue weighted by Crippen LogP contribution is 2.17. The molecule has 0 saturated carbocycles. The molecule has 2 N–H and O–H groups in total. The van der Waals surface area contributed by atoms with Crippen molar-refractivity contribution in [3.63, 3.8) is 0 Å². The molecule has 0 spiro atoms. The minimum atomic E-state index is -0.381. The maximum atomic E-state index is 11.4. The van der Waals surface area contributed by atoms with Gasteiger partial charge in [0, 0.05) is 11.4 Å². The van der Waals surface area contributed by atoms with Crippen molar-refractivity contribution in [1.29, 1.82) is 0 Å². The third-order valence-corrected chi connectivity index (χ3v) is 3.44. The molecule has 0 amide bonds. The van der Waals surface area contributed by atoms with Gasteiger partial charge in [-0.3, -0.25) is 0 Å². The van der Waals surface area contributed by atoms with Crippen LogP contribution in [0.2, 0.25) is 0 Å². The zero-order valence-electron chi connectivity index (χ0n) is 13.9. The number of ether oxygens (including phenoxy) is 1. The zero-order chi connectivity index (χ0) is 17.6. The highest BCUT2D eigenvalue weighted by Gasteiger charge is 2.06. The number of nitrogens with zero attached hydrogens (tertiary/aromatic N) is 3. The van der Waals surface area contributed by atoms with Gasteiger partial charge in [-0.15, -0.1) is 5.10 Å². The first-order valence-corrected chi connectivity index (χ1v) is 7.63.